The van der Waals surface area contributed by atoms with Crippen molar-refractivity contribution >= 4 is 33.3 Å². The molecule has 22 heavy (non-hydrogen) atoms. The average molecular weight is 362 g/mol. The van der Waals surface area contributed by atoms with Crippen molar-refractivity contribution in [1.82, 2.24) is 4.98 Å². The second kappa shape index (κ2) is 7.94. The van der Waals surface area contributed by atoms with Gasteiger partial charge in [0.15, 0.2) is 0 Å². The van der Waals surface area contributed by atoms with Crippen LogP contribution in [0.3, 0.4) is 0 Å². The van der Waals surface area contributed by atoms with Gasteiger partial charge in [-0.15, -0.1) is 0 Å². The summed E-state index contributed by atoms with van der Waals surface area (Å²) in [6.07, 6.45) is 3.85. The predicted octanol–water partition coefficient (Wildman–Crippen LogP) is 4.62. The molecule has 0 bridgehead atoms. The minimum atomic E-state index is -0.142. The van der Waals surface area contributed by atoms with Crippen LogP contribution in [0.25, 0.3) is 0 Å². The van der Waals surface area contributed by atoms with E-state index in [1.54, 1.807) is 18.3 Å². The third kappa shape index (κ3) is 4.56. The van der Waals surface area contributed by atoms with E-state index in [0.717, 1.165) is 40.9 Å². The molecular formula is C17H20BrN3O. The smallest absolute Gasteiger partial charge is 0.255 e. The number of rotatable bonds is 6. The molecule has 0 fully saturated rings. The Morgan fingerprint density at radius 3 is 2.82 bits per heavy atom. The first kappa shape index (κ1) is 16.5. The molecule has 1 heterocycles. The van der Waals surface area contributed by atoms with E-state index in [1.807, 2.05) is 25.1 Å². The average Bonchev–Trinajstić information content (AvgIpc) is 2.51. The van der Waals surface area contributed by atoms with Crippen molar-refractivity contribution < 1.29 is 4.79 Å². The summed E-state index contributed by atoms with van der Waals surface area (Å²) in [6.45, 7) is 5.00. The number of unbranched alkanes of at least 4 members (excludes halogenated alkanes) is 1. The fraction of sp³-hybridized carbons (Fsp3) is 0.294. The van der Waals surface area contributed by atoms with Gasteiger partial charge in [-0.25, -0.2) is 4.98 Å². The van der Waals surface area contributed by atoms with Gasteiger partial charge in [0.2, 0.25) is 0 Å². The fourth-order valence-electron chi connectivity index (χ4n) is 1.94. The number of nitrogens with zero attached hydrogens (tertiary/aromatic N) is 1. The van der Waals surface area contributed by atoms with Crippen LogP contribution in [0.2, 0.25) is 0 Å². The quantitative estimate of drug-likeness (QED) is 0.738. The van der Waals surface area contributed by atoms with Crippen molar-refractivity contribution in [3.05, 3.63) is 52.1 Å². The van der Waals surface area contributed by atoms with Crippen molar-refractivity contribution in [2.75, 3.05) is 17.2 Å². The molecular weight excluding hydrogens is 342 g/mol. The molecule has 0 aliphatic heterocycles. The van der Waals surface area contributed by atoms with Gasteiger partial charge in [0.25, 0.3) is 5.91 Å². The Bertz CT molecular complexity index is 658. The zero-order valence-electron chi connectivity index (χ0n) is 12.8. The van der Waals surface area contributed by atoms with E-state index < -0.39 is 0 Å². The SMILES string of the molecule is CCCCNc1cc(C(=O)Nc2ccc(C)c(Br)c2)ccn1. The Morgan fingerprint density at radius 2 is 2.09 bits per heavy atom. The minimum Gasteiger partial charge on any atom is -0.370 e. The number of anilines is 2. The summed E-state index contributed by atoms with van der Waals surface area (Å²) in [5, 5.41) is 6.12. The summed E-state index contributed by atoms with van der Waals surface area (Å²) in [7, 11) is 0. The summed E-state index contributed by atoms with van der Waals surface area (Å²) in [4.78, 5) is 16.5. The van der Waals surface area contributed by atoms with Crippen molar-refractivity contribution in [1.29, 1.82) is 0 Å². The maximum Gasteiger partial charge on any atom is 0.255 e. The van der Waals surface area contributed by atoms with E-state index >= 15 is 0 Å². The molecule has 4 nitrogen and oxygen atoms in total. The van der Waals surface area contributed by atoms with Crippen LogP contribution in [0.1, 0.15) is 35.7 Å². The topological polar surface area (TPSA) is 54.0 Å². The first-order valence-corrected chi connectivity index (χ1v) is 8.17. The van der Waals surface area contributed by atoms with E-state index in [2.05, 4.69) is 38.5 Å². The van der Waals surface area contributed by atoms with Crippen molar-refractivity contribution in [2.45, 2.75) is 26.7 Å². The molecule has 1 aromatic heterocycles. The zero-order chi connectivity index (χ0) is 15.9. The molecule has 0 saturated carbocycles. The second-order valence-corrected chi connectivity index (χ2v) is 5.98. The molecule has 0 aliphatic rings. The molecule has 1 amide bonds. The minimum absolute atomic E-state index is 0.142. The van der Waals surface area contributed by atoms with Gasteiger partial charge in [-0.2, -0.15) is 0 Å². The lowest BCUT2D eigenvalue weighted by atomic mass is 10.2. The second-order valence-electron chi connectivity index (χ2n) is 5.13. The highest BCUT2D eigenvalue weighted by Crippen LogP contribution is 2.21. The van der Waals surface area contributed by atoms with Gasteiger partial charge in [0.05, 0.1) is 0 Å². The number of hydrogen-bond acceptors (Lipinski definition) is 3. The van der Waals surface area contributed by atoms with E-state index in [-0.39, 0.29) is 5.91 Å². The number of aromatic nitrogens is 1. The number of nitrogens with one attached hydrogen (secondary N) is 2. The first-order chi connectivity index (χ1) is 10.6. The lowest BCUT2D eigenvalue weighted by molar-refractivity contribution is 0.102. The Hall–Kier alpha value is -1.88. The van der Waals surface area contributed by atoms with Crippen LogP contribution in [0.5, 0.6) is 0 Å². The van der Waals surface area contributed by atoms with Gasteiger partial charge in [-0.1, -0.05) is 35.3 Å². The highest BCUT2D eigenvalue weighted by Gasteiger charge is 2.08. The number of carbonyl (C=O) groups excluding carboxylic acids is 1. The van der Waals surface area contributed by atoms with E-state index in [9.17, 15) is 4.79 Å². The van der Waals surface area contributed by atoms with Crippen LogP contribution in [0.15, 0.2) is 41.0 Å². The summed E-state index contributed by atoms with van der Waals surface area (Å²) in [6, 6.07) is 9.23. The molecule has 2 aromatic rings. The number of halogens is 1. The Morgan fingerprint density at radius 1 is 1.27 bits per heavy atom. The van der Waals surface area contributed by atoms with Gasteiger partial charge >= 0.3 is 0 Å². The van der Waals surface area contributed by atoms with Crippen LogP contribution >= 0.6 is 15.9 Å². The molecule has 0 spiro atoms. The third-order valence-corrected chi connectivity index (χ3v) is 4.14. The molecule has 0 radical (unpaired) electrons. The van der Waals surface area contributed by atoms with Gasteiger partial charge < -0.3 is 10.6 Å². The maximum absolute atomic E-state index is 12.3. The van der Waals surface area contributed by atoms with Gasteiger partial charge in [-0.3, -0.25) is 4.79 Å². The predicted molar refractivity (Wildman–Crippen MR) is 94.5 cm³/mol. The molecule has 1 aromatic carbocycles. The van der Waals surface area contributed by atoms with Crippen molar-refractivity contribution in [3.8, 4) is 0 Å². The van der Waals surface area contributed by atoms with Crippen LogP contribution in [0.4, 0.5) is 11.5 Å². The van der Waals surface area contributed by atoms with Crippen LogP contribution in [-0.4, -0.2) is 17.4 Å². The number of benzene rings is 1. The molecule has 2 N–H and O–H groups in total. The summed E-state index contributed by atoms with van der Waals surface area (Å²) in [5.74, 6) is 0.586. The molecule has 0 atom stereocenters. The van der Waals surface area contributed by atoms with E-state index in [0.29, 0.717) is 5.56 Å². The van der Waals surface area contributed by atoms with Crippen LogP contribution < -0.4 is 10.6 Å². The number of carbonyl (C=O) groups is 1. The van der Waals surface area contributed by atoms with Gasteiger partial charge in [-0.05, 0) is 43.2 Å². The standard InChI is InChI=1S/C17H20BrN3O/c1-3-4-8-19-16-10-13(7-9-20-16)17(22)21-14-6-5-12(2)15(18)11-14/h5-7,9-11H,3-4,8H2,1-2H3,(H,19,20)(H,21,22). The van der Waals surface area contributed by atoms with Crippen LogP contribution in [0, 0.1) is 6.92 Å². The lowest BCUT2D eigenvalue weighted by Gasteiger charge is -2.09. The maximum atomic E-state index is 12.3. The van der Waals surface area contributed by atoms with Crippen LogP contribution in [-0.2, 0) is 0 Å². The molecule has 2 rings (SSSR count). The number of amides is 1. The highest BCUT2D eigenvalue weighted by molar-refractivity contribution is 9.10. The van der Waals surface area contributed by atoms with Crippen molar-refractivity contribution in [2.24, 2.45) is 0 Å². The Labute approximate surface area is 139 Å². The highest BCUT2D eigenvalue weighted by atomic mass is 79.9. The molecule has 0 unspecified atom stereocenters. The third-order valence-electron chi connectivity index (χ3n) is 3.29. The van der Waals surface area contributed by atoms with E-state index in [4.69, 9.17) is 0 Å². The van der Waals surface area contributed by atoms with Gasteiger partial charge in [0.1, 0.15) is 5.82 Å². The number of pyridine rings is 1. The molecule has 0 saturated heterocycles. The summed E-state index contributed by atoms with van der Waals surface area (Å²) in [5.41, 5.74) is 2.48. The number of hydrogen-bond donors (Lipinski definition) is 2. The molecule has 0 aliphatic carbocycles. The fourth-order valence-corrected chi connectivity index (χ4v) is 2.31. The monoisotopic (exact) mass is 361 g/mol. The summed E-state index contributed by atoms with van der Waals surface area (Å²) >= 11 is 3.47. The normalized spacial score (nSPS) is 10.3. The molecule has 5 heteroatoms. The lowest BCUT2D eigenvalue weighted by Crippen LogP contribution is -2.13. The zero-order valence-corrected chi connectivity index (χ0v) is 14.4. The Balaban J connectivity index is 2.05. The number of aryl methyl sites for hydroxylation is 1. The van der Waals surface area contributed by atoms with Gasteiger partial charge in [0, 0.05) is 28.5 Å². The molecule has 116 valence electrons. The largest absolute Gasteiger partial charge is 0.370 e. The first-order valence-electron chi connectivity index (χ1n) is 7.37. The van der Waals surface area contributed by atoms with E-state index in [1.165, 1.54) is 0 Å². The Kier molecular flexibility index (Phi) is 5.95. The van der Waals surface area contributed by atoms with Crippen molar-refractivity contribution in [3.63, 3.8) is 0 Å². The summed E-state index contributed by atoms with van der Waals surface area (Å²) < 4.78 is 0.974.